The predicted octanol–water partition coefficient (Wildman–Crippen LogP) is 3.81. The molecular weight excluding hydrogens is 318 g/mol. The molecule has 128 valence electrons. The molecule has 3 rings (SSSR count). The number of unbranched alkanes of at least 4 members (excludes halogenated alkanes) is 1. The van der Waals surface area contributed by atoms with Crippen LogP contribution in [-0.4, -0.2) is 26.6 Å². The Morgan fingerprint density at radius 1 is 1.12 bits per heavy atom. The van der Waals surface area contributed by atoms with Crippen LogP contribution < -0.4 is 5.32 Å². The van der Waals surface area contributed by atoms with Crippen molar-refractivity contribution in [1.29, 1.82) is 0 Å². The Labute approximate surface area is 145 Å². The number of anilines is 1. The van der Waals surface area contributed by atoms with Crippen molar-refractivity contribution in [3.63, 3.8) is 0 Å². The van der Waals surface area contributed by atoms with E-state index in [0.29, 0.717) is 11.5 Å². The third-order valence-electron chi connectivity index (χ3n) is 3.87. The second-order valence-electron chi connectivity index (χ2n) is 5.68. The maximum atomic E-state index is 11.3. The molecule has 0 fully saturated rings. The molecule has 25 heavy (non-hydrogen) atoms. The van der Waals surface area contributed by atoms with Crippen LogP contribution in [0.4, 0.5) is 11.5 Å². The number of hydrogen-bond acceptors (Lipinski definition) is 5. The van der Waals surface area contributed by atoms with Crippen LogP contribution in [0.1, 0.15) is 18.4 Å². The Balaban J connectivity index is 1.63. The molecule has 2 N–H and O–H groups in total. The maximum Gasteiger partial charge on any atom is 0.295 e. The van der Waals surface area contributed by atoms with E-state index < -0.39 is 4.92 Å². The average molecular weight is 337 g/mol. The maximum absolute atomic E-state index is 11.3. The van der Waals surface area contributed by atoms with Gasteiger partial charge >= 0.3 is 0 Å². The normalized spacial score (nSPS) is 10.6. The van der Waals surface area contributed by atoms with Gasteiger partial charge in [0.05, 0.1) is 11.1 Å². The number of nitrogens with zero attached hydrogens (tertiary/aromatic N) is 3. The van der Waals surface area contributed by atoms with Crippen LogP contribution in [0, 0.1) is 10.1 Å². The second kappa shape index (κ2) is 8.05. The molecule has 0 radical (unpaired) electrons. The quantitative estimate of drug-likeness (QED) is 0.370. The van der Waals surface area contributed by atoms with Crippen molar-refractivity contribution in [3.8, 4) is 11.3 Å². The van der Waals surface area contributed by atoms with Gasteiger partial charge in [-0.1, -0.05) is 30.3 Å². The minimum Gasteiger partial charge on any atom is -0.370 e. The highest BCUT2D eigenvalue weighted by Crippen LogP contribution is 2.29. The number of benzene rings is 1. The van der Waals surface area contributed by atoms with Gasteiger partial charge in [0.15, 0.2) is 5.69 Å². The summed E-state index contributed by atoms with van der Waals surface area (Å²) in [6, 6.07) is 12.4. The topological polar surface area (TPSA) is 96.7 Å². The van der Waals surface area contributed by atoms with E-state index in [-0.39, 0.29) is 5.69 Å². The smallest absolute Gasteiger partial charge is 0.295 e. The molecule has 0 spiro atoms. The summed E-state index contributed by atoms with van der Waals surface area (Å²) in [5, 5.41) is 21.2. The van der Waals surface area contributed by atoms with Gasteiger partial charge in [0.1, 0.15) is 5.82 Å². The number of nitrogens with one attached hydrogen (secondary N) is 2. The molecule has 0 aliphatic carbocycles. The van der Waals surface area contributed by atoms with Crippen molar-refractivity contribution in [2.45, 2.75) is 19.3 Å². The first-order valence-corrected chi connectivity index (χ1v) is 8.16. The van der Waals surface area contributed by atoms with Crippen molar-refractivity contribution >= 4 is 11.5 Å². The zero-order chi connectivity index (χ0) is 17.5. The van der Waals surface area contributed by atoms with Crippen molar-refractivity contribution in [3.05, 3.63) is 70.5 Å². The largest absolute Gasteiger partial charge is 0.370 e. The summed E-state index contributed by atoms with van der Waals surface area (Å²) in [5.41, 5.74) is 2.32. The summed E-state index contributed by atoms with van der Waals surface area (Å²) in [4.78, 5) is 15.3. The number of aryl methyl sites for hydroxylation is 1. The van der Waals surface area contributed by atoms with Gasteiger partial charge in [-0.2, -0.15) is 5.10 Å². The molecule has 0 unspecified atom stereocenters. The number of hydrogen-bond donors (Lipinski definition) is 2. The number of nitro groups is 1. The summed E-state index contributed by atoms with van der Waals surface area (Å²) < 4.78 is 0. The summed E-state index contributed by atoms with van der Waals surface area (Å²) >= 11 is 0. The van der Waals surface area contributed by atoms with Crippen molar-refractivity contribution in [2.75, 3.05) is 11.9 Å². The molecule has 1 aromatic carbocycles. The highest BCUT2D eigenvalue weighted by Gasteiger charge is 2.17. The molecule has 7 nitrogen and oxygen atoms in total. The van der Waals surface area contributed by atoms with Crippen LogP contribution >= 0.6 is 0 Å². The van der Waals surface area contributed by atoms with Gasteiger partial charge in [0, 0.05) is 24.4 Å². The van der Waals surface area contributed by atoms with Crippen molar-refractivity contribution in [1.82, 2.24) is 15.2 Å². The zero-order valence-electron chi connectivity index (χ0n) is 13.7. The first kappa shape index (κ1) is 16.6. The molecule has 0 aliphatic rings. The standard InChI is InChI=1S/C18H19N5O2/c24-23(25)16-9-10-17(22-18(16)15-7-2-1-3-8-15)19-11-5-4-6-14-12-20-21-13-14/h1-3,7-10,12-13H,4-6,11H2,(H,19,22)(H,20,21). The molecule has 0 saturated carbocycles. The average Bonchev–Trinajstić information content (AvgIpc) is 3.15. The fraction of sp³-hybridized carbons (Fsp3) is 0.222. The van der Waals surface area contributed by atoms with Crippen molar-refractivity contribution < 1.29 is 4.92 Å². The van der Waals surface area contributed by atoms with Crippen LogP contribution in [0.15, 0.2) is 54.9 Å². The molecule has 0 atom stereocenters. The van der Waals surface area contributed by atoms with E-state index in [1.165, 1.54) is 11.6 Å². The van der Waals surface area contributed by atoms with Crippen LogP contribution in [0.2, 0.25) is 0 Å². The van der Waals surface area contributed by atoms with Gasteiger partial charge in [-0.15, -0.1) is 0 Å². The lowest BCUT2D eigenvalue weighted by molar-refractivity contribution is -0.384. The highest BCUT2D eigenvalue weighted by molar-refractivity contribution is 5.71. The van der Waals surface area contributed by atoms with E-state index in [1.54, 1.807) is 6.07 Å². The minimum atomic E-state index is -0.399. The SMILES string of the molecule is O=[N+]([O-])c1ccc(NCCCCc2cn[nH]c2)nc1-c1ccccc1. The van der Waals surface area contributed by atoms with Gasteiger partial charge < -0.3 is 5.32 Å². The van der Waals surface area contributed by atoms with Gasteiger partial charge in [-0.05, 0) is 30.9 Å². The number of aromatic amines is 1. The number of rotatable bonds is 8. The summed E-state index contributed by atoms with van der Waals surface area (Å²) in [6.45, 7) is 0.761. The van der Waals surface area contributed by atoms with Gasteiger partial charge in [0.25, 0.3) is 5.69 Å². The second-order valence-corrected chi connectivity index (χ2v) is 5.68. The first-order valence-electron chi connectivity index (χ1n) is 8.16. The van der Waals surface area contributed by atoms with Crippen LogP contribution in [0.5, 0.6) is 0 Å². The monoisotopic (exact) mass is 337 g/mol. The Kier molecular flexibility index (Phi) is 5.36. The van der Waals surface area contributed by atoms with E-state index in [4.69, 9.17) is 0 Å². The molecule has 3 aromatic rings. The molecule has 0 aliphatic heterocycles. The number of pyridine rings is 1. The first-order chi connectivity index (χ1) is 12.2. The summed E-state index contributed by atoms with van der Waals surface area (Å²) in [7, 11) is 0. The van der Waals surface area contributed by atoms with Gasteiger partial charge in [-0.3, -0.25) is 15.2 Å². The Hall–Kier alpha value is -3.22. The van der Waals surface area contributed by atoms with Crippen LogP contribution in [-0.2, 0) is 6.42 Å². The predicted molar refractivity (Wildman–Crippen MR) is 96.3 cm³/mol. The summed E-state index contributed by atoms with van der Waals surface area (Å²) in [5.74, 6) is 0.646. The number of H-pyrrole nitrogens is 1. The molecule has 0 amide bonds. The molecule has 7 heteroatoms. The molecular formula is C18H19N5O2. The molecule has 2 aromatic heterocycles. The fourth-order valence-corrected chi connectivity index (χ4v) is 2.59. The van der Waals surface area contributed by atoms with E-state index in [9.17, 15) is 10.1 Å². The van der Waals surface area contributed by atoms with Crippen molar-refractivity contribution in [2.24, 2.45) is 0 Å². The molecule has 0 bridgehead atoms. The fourth-order valence-electron chi connectivity index (χ4n) is 2.59. The Morgan fingerprint density at radius 2 is 1.96 bits per heavy atom. The third kappa shape index (κ3) is 4.41. The van der Waals surface area contributed by atoms with Gasteiger partial charge in [0.2, 0.25) is 0 Å². The zero-order valence-corrected chi connectivity index (χ0v) is 13.7. The lowest BCUT2D eigenvalue weighted by Gasteiger charge is -2.08. The third-order valence-corrected chi connectivity index (χ3v) is 3.87. The minimum absolute atomic E-state index is 0.0108. The van der Waals surface area contributed by atoms with Gasteiger partial charge in [-0.25, -0.2) is 4.98 Å². The number of aromatic nitrogens is 3. The molecule has 2 heterocycles. The Morgan fingerprint density at radius 3 is 2.68 bits per heavy atom. The lowest BCUT2D eigenvalue weighted by Crippen LogP contribution is -2.05. The Bertz CT molecular complexity index is 819. The van der Waals surface area contributed by atoms with Crippen LogP contribution in [0.25, 0.3) is 11.3 Å². The highest BCUT2D eigenvalue weighted by atomic mass is 16.6. The summed E-state index contributed by atoms with van der Waals surface area (Å²) in [6.07, 6.45) is 6.71. The molecule has 0 saturated heterocycles. The van der Waals surface area contributed by atoms with E-state index in [0.717, 1.165) is 31.4 Å². The lowest BCUT2D eigenvalue weighted by atomic mass is 10.1. The van der Waals surface area contributed by atoms with E-state index >= 15 is 0 Å². The van der Waals surface area contributed by atoms with E-state index in [1.807, 2.05) is 42.7 Å². The van der Waals surface area contributed by atoms with Crippen LogP contribution in [0.3, 0.4) is 0 Å². The van der Waals surface area contributed by atoms with E-state index in [2.05, 4.69) is 20.5 Å².